The number of hydrogen-bond acceptors (Lipinski definition) is 6. The molecular weight excluding hydrogens is 440 g/mol. The van der Waals surface area contributed by atoms with Crippen LogP contribution in [0.5, 0.6) is 0 Å². The molecule has 0 radical (unpaired) electrons. The van der Waals surface area contributed by atoms with Crippen LogP contribution in [0.3, 0.4) is 0 Å². The fourth-order valence-electron chi connectivity index (χ4n) is 5.39. The van der Waals surface area contributed by atoms with Gasteiger partial charge in [0.2, 0.25) is 5.96 Å². The first-order valence-corrected chi connectivity index (χ1v) is 12.2. The lowest BCUT2D eigenvalue weighted by Crippen LogP contribution is -2.51. The summed E-state index contributed by atoms with van der Waals surface area (Å²) in [5, 5.41) is 8.47. The van der Waals surface area contributed by atoms with Crippen molar-refractivity contribution in [3.63, 3.8) is 0 Å². The summed E-state index contributed by atoms with van der Waals surface area (Å²) in [5.41, 5.74) is 3.30. The first-order valence-electron chi connectivity index (χ1n) is 12.2. The first kappa shape index (κ1) is 21.6. The van der Waals surface area contributed by atoms with Crippen LogP contribution < -0.4 is 10.2 Å². The van der Waals surface area contributed by atoms with Crippen molar-refractivity contribution in [1.82, 2.24) is 14.7 Å². The molecule has 1 aliphatic carbocycles. The quantitative estimate of drug-likeness (QED) is 0.547. The van der Waals surface area contributed by atoms with E-state index in [0.717, 1.165) is 36.9 Å². The van der Waals surface area contributed by atoms with Gasteiger partial charge < -0.3 is 5.32 Å². The molecule has 8 nitrogen and oxygen atoms in total. The number of carbonyl (C=O) groups excluding carboxylic acids is 2. The molecule has 8 heteroatoms. The normalized spacial score (nSPS) is 20.4. The zero-order chi connectivity index (χ0) is 24.1. The van der Waals surface area contributed by atoms with Crippen molar-refractivity contribution >= 4 is 35.0 Å². The Morgan fingerprint density at radius 2 is 1.86 bits per heavy atom. The van der Waals surface area contributed by atoms with Crippen LogP contribution in [-0.4, -0.2) is 51.5 Å². The molecule has 1 amide bonds. The molecule has 1 fully saturated rings. The third kappa shape index (κ3) is 3.60. The van der Waals surface area contributed by atoms with Gasteiger partial charge in [0.1, 0.15) is 11.4 Å². The summed E-state index contributed by atoms with van der Waals surface area (Å²) in [7, 11) is 1.80. The number of Topliss-reactive ketones (excluding diaryl/α,β-unsaturated/α-hetero) is 1. The highest BCUT2D eigenvalue weighted by Crippen LogP contribution is 2.42. The Bertz CT molecular complexity index is 1330. The van der Waals surface area contributed by atoms with Crippen molar-refractivity contribution in [2.75, 3.05) is 17.3 Å². The van der Waals surface area contributed by atoms with Crippen LogP contribution in [0.4, 0.5) is 17.3 Å². The number of nitrogens with one attached hydrogen (secondary N) is 1. The lowest BCUT2D eigenvalue weighted by molar-refractivity contribution is 0.0865. The van der Waals surface area contributed by atoms with E-state index in [0.29, 0.717) is 35.3 Å². The van der Waals surface area contributed by atoms with Crippen molar-refractivity contribution in [3.8, 4) is 0 Å². The summed E-state index contributed by atoms with van der Waals surface area (Å²) in [6, 6.07) is 18.0. The van der Waals surface area contributed by atoms with E-state index < -0.39 is 0 Å². The number of carbonyl (C=O) groups is 2. The van der Waals surface area contributed by atoms with Crippen LogP contribution in [0.1, 0.15) is 52.5 Å². The van der Waals surface area contributed by atoms with Gasteiger partial charge in [0, 0.05) is 24.8 Å². The van der Waals surface area contributed by atoms with Crippen molar-refractivity contribution in [3.05, 3.63) is 71.3 Å². The zero-order valence-corrected chi connectivity index (χ0v) is 19.9. The SMILES string of the molecule is CC(=O)c1ccc(CCn2nc3c(c2Nc2ccccc2)C(=O)N(C)C2=N[C@@H]4CCC[C@@H]4N23)cc1. The van der Waals surface area contributed by atoms with Gasteiger partial charge in [-0.05, 0) is 50.3 Å². The van der Waals surface area contributed by atoms with Gasteiger partial charge in [0.25, 0.3) is 5.91 Å². The van der Waals surface area contributed by atoms with Crippen molar-refractivity contribution in [2.24, 2.45) is 4.99 Å². The van der Waals surface area contributed by atoms with Crippen LogP contribution in [-0.2, 0) is 13.0 Å². The van der Waals surface area contributed by atoms with E-state index in [1.54, 1.807) is 18.9 Å². The Morgan fingerprint density at radius 1 is 1.09 bits per heavy atom. The van der Waals surface area contributed by atoms with E-state index in [1.165, 1.54) is 0 Å². The number of rotatable bonds is 6. The number of ketones is 1. The van der Waals surface area contributed by atoms with E-state index in [-0.39, 0.29) is 23.8 Å². The number of aryl methyl sites for hydroxylation is 2. The molecule has 1 saturated carbocycles. The van der Waals surface area contributed by atoms with Crippen LogP contribution in [0.25, 0.3) is 0 Å². The maximum atomic E-state index is 13.6. The Labute approximate surface area is 204 Å². The second-order valence-corrected chi connectivity index (χ2v) is 9.49. The highest BCUT2D eigenvalue weighted by atomic mass is 16.2. The van der Waals surface area contributed by atoms with E-state index >= 15 is 0 Å². The third-order valence-corrected chi connectivity index (χ3v) is 7.26. The van der Waals surface area contributed by atoms with E-state index in [4.69, 9.17) is 10.1 Å². The average molecular weight is 469 g/mol. The fraction of sp³-hybridized carbons (Fsp3) is 0.333. The van der Waals surface area contributed by atoms with Crippen LogP contribution in [0.15, 0.2) is 59.6 Å². The number of nitrogens with zero attached hydrogens (tertiary/aromatic N) is 5. The molecule has 0 unspecified atom stereocenters. The van der Waals surface area contributed by atoms with E-state index in [2.05, 4.69) is 10.2 Å². The molecule has 35 heavy (non-hydrogen) atoms. The maximum Gasteiger partial charge on any atom is 0.267 e. The maximum absolute atomic E-state index is 13.6. The van der Waals surface area contributed by atoms with Gasteiger partial charge in [-0.1, -0.05) is 42.5 Å². The Morgan fingerprint density at radius 3 is 2.60 bits per heavy atom. The van der Waals surface area contributed by atoms with Crippen molar-refractivity contribution in [2.45, 2.75) is 51.2 Å². The number of amides is 1. The second kappa shape index (κ2) is 8.37. The molecule has 0 spiro atoms. The number of anilines is 3. The second-order valence-electron chi connectivity index (χ2n) is 9.49. The van der Waals surface area contributed by atoms with Crippen molar-refractivity contribution < 1.29 is 9.59 Å². The summed E-state index contributed by atoms with van der Waals surface area (Å²) >= 11 is 0. The fourth-order valence-corrected chi connectivity index (χ4v) is 5.39. The van der Waals surface area contributed by atoms with Crippen molar-refractivity contribution in [1.29, 1.82) is 0 Å². The summed E-state index contributed by atoms with van der Waals surface area (Å²) in [6.07, 6.45) is 3.96. The number of hydrogen-bond donors (Lipinski definition) is 1. The number of aromatic nitrogens is 2. The van der Waals surface area contributed by atoms with Gasteiger partial charge in [-0.3, -0.25) is 19.4 Å². The topological polar surface area (TPSA) is 82.8 Å². The lowest BCUT2D eigenvalue weighted by Gasteiger charge is -2.34. The van der Waals surface area contributed by atoms with Gasteiger partial charge in [-0.25, -0.2) is 9.67 Å². The minimum Gasteiger partial charge on any atom is -0.340 e. The Kier molecular flexibility index (Phi) is 5.16. The van der Waals surface area contributed by atoms with E-state index in [9.17, 15) is 9.59 Å². The number of aliphatic imine (C=N–C) groups is 1. The highest BCUT2D eigenvalue weighted by molar-refractivity contribution is 6.21. The standard InChI is InChI=1S/C27H28N6O2/c1-17(34)19-13-11-18(12-14-19)15-16-32-24(28-20-7-4-3-5-8-20)23-25(30-32)33-22-10-6-9-21(22)29-27(33)31(2)26(23)35/h3-5,7-8,11-14,21-22,28H,6,9-10,15-16H2,1-2H3/t21-,22+/m1/s1. The largest absolute Gasteiger partial charge is 0.340 e. The molecule has 0 saturated heterocycles. The number of benzene rings is 2. The number of fused-ring (bicyclic) bond motifs is 5. The molecule has 2 aliphatic heterocycles. The van der Waals surface area contributed by atoms with Gasteiger partial charge in [0.05, 0.1) is 12.1 Å². The predicted molar refractivity (Wildman–Crippen MR) is 136 cm³/mol. The molecular formula is C27H28N6O2. The Balaban J connectivity index is 1.39. The van der Waals surface area contributed by atoms with Gasteiger partial charge in [-0.2, -0.15) is 5.10 Å². The molecule has 178 valence electrons. The smallest absolute Gasteiger partial charge is 0.267 e. The first-order chi connectivity index (χ1) is 17.0. The predicted octanol–water partition coefficient (Wildman–Crippen LogP) is 4.25. The lowest BCUT2D eigenvalue weighted by atomic mass is 10.1. The van der Waals surface area contributed by atoms with E-state index in [1.807, 2.05) is 59.3 Å². The summed E-state index contributed by atoms with van der Waals surface area (Å²) in [5.74, 6) is 2.08. The Hall–Kier alpha value is -3.94. The summed E-state index contributed by atoms with van der Waals surface area (Å²) in [4.78, 5) is 33.9. The molecule has 3 heterocycles. The zero-order valence-electron chi connectivity index (χ0n) is 19.9. The van der Waals surface area contributed by atoms with Crippen LogP contribution >= 0.6 is 0 Å². The number of para-hydroxylation sites is 1. The van der Waals surface area contributed by atoms with Crippen LogP contribution in [0.2, 0.25) is 0 Å². The highest BCUT2D eigenvalue weighted by Gasteiger charge is 2.49. The molecule has 1 N–H and O–H groups in total. The molecule has 2 aromatic carbocycles. The number of guanidine groups is 1. The average Bonchev–Trinajstić information content (AvgIpc) is 3.56. The minimum atomic E-state index is -0.0922. The monoisotopic (exact) mass is 468 g/mol. The minimum absolute atomic E-state index is 0.0570. The molecule has 6 rings (SSSR count). The molecule has 1 aromatic heterocycles. The van der Waals surface area contributed by atoms with Gasteiger partial charge in [0.15, 0.2) is 11.6 Å². The van der Waals surface area contributed by atoms with Gasteiger partial charge in [-0.15, -0.1) is 0 Å². The van der Waals surface area contributed by atoms with Gasteiger partial charge >= 0.3 is 0 Å². The molecule has 2 atom stereocenters. The molecule has 3 aliphatic rings. The third-order valence-electron chi connectivity index (χ3n) is 7.26. The van der Waals surface area contributed by atoms with Crippen LogP contribution in [0, 0.1) is 0 Å². The summed E-state index contributed by atoms with van der Waals surface area (Å²) in [6.45, 7) is 2.16. The molecule has 0 bridgehead atoms. The summed E-state index contributed by atoms with van der Waals surface area (Å²) < 4.78 is 1.91. The molecule has 3 aromatic rings.